The predicted octanol–water partition coefficient (Wildman–Crippen LogP) is -3.20. The van der Waals surface area contributed by atoms with Crippen LogP contribution in [0.25, 0.3) is 0 Å². The van der Waals surface area contributed by atoms with E-state index in [0.717, 1.165) is 0 Å². The van der Waals surface area contributed by atoms with Crippen molar-refractivity contribution in [1.82, 2.24) is 0 Å². The van der Waals surface area contributed by atoms with Crippen LogP contribution in [0, 0.1) is 4.91 Å². The van der Waals surface area contributed by atoms with Crippen molar-refractivity contribution in [2.75, 3.05) is 6.61 Å². The summed E-state index contributed by atoms with van der Waals surface area (Å²) in [4.78, 5) is 13.7. The molecule has 1 aliphatic heterocycles. The molecule has 15 heavy (non-hydrogen) atoms. The summed E-state index contributed by atoms with van der Waals surface area (Å²) in [6, 6.07) is 0. The van der Waals surface area contributed by atoms with Crippen molar-refractivity contribution in [3.05, 3.63) is 4.91 Å². The highest BCUT2D eigenvalue weighted by atomic mass is 16.8. The van der Waals surface area contributed by atoms with Gasteiger partial charge in [0.1, 0.15) is 18.3 Å². The molecule has 0 spiro atoms. The number of aliphatic hydroxyl groups is 5. The lowest BCUT2D eigenvalue weighted by atomic mass is 9.96. The summed E-state index contributed by atoms with van der Waals surface area (Å²) in [5.74, 6) is -2.52. The van der Waals surface area contributed by atoms with Gasteiger partial charge < -0.3 is 35.1 Å². The van der Waals surface area contributed by atoms with E-state index >= 15 is 0 Å². The van der Waals surface area contributed by atoms with Gasteiger partial charge in [0.2, 0.25) is 5.79 Å². The molecule has 9 heteroatoms. The van der Waals surface area contributed by atoms with Crippen molar-refractivity contribution < 1.29 is 35.1 Å². The van der Waals surface area contributed by atoms with E-state index in [1.807, 2.05) is 5.34 Å². The minimum Gasteiger partial charge on any atom is -0.391 e. The molecular formula is C6H11NO8. The van der Waals surface area contributed by atoms with Gasteiger partial charge in [-0.3, -0.25) is 0 Å². The molecule has 0 aromatic rings. The minimum atomic E-state index is -2.52. The standard InChI is InChI=1S/C6H11NO8/c8-1-6(12)4(11)2(9)3(10)5(14-6)15-7-13/h2-5,8-12H,1H2/t2-,3+,4+,5?,6+/m1/s1. The van der Waals surface area contributed by atoms with Crippen LogP contribution in [0.2, 0.25) is 0 Å². The Labute approximate surface area is 83.4 Å². The number of rotatable bonds is 3. The van der Waals surface area contributed by atoms with Crippen molar-refractivity contribution in [3.63, 3.8) is 0 Å². The predicted molar refractivity (Wildman–Crippen MR) is 41.8 cm³/mol. The fourth-order valence-corrected chi connectivity index (χ4v) is 1.21. The Morgan fingerprint density at radius 2 is 1.93 bits per heavy atom. The highest BCUT2D eigenvalue weighted by Gasteiger charge is 2.54. The summed E-state index contributed by atoms with van der Waals surface area (Å²) in [5.41, 5.74) is 0. The number of hydrogen-bond donors (Lipinski definition) is 5. The van der Waals surface area contributed by atoms with Crippen LogP contribution < -0.4 is 0 Å². The van der Waals surface area contributed by atoms with Gasteiger partial charge in [-0.05, 0) is 0 Å². The average molecular weight is 225 g/mol. The van der Waals surface area contributed by atoms with Crippen molar-refractivity contribution in [1.29, 1.82) is 0 Å². The van der Waals surface area contributed by atoms with Gasteiger partial charge in [-0.2, -0.15) is 0 Å². The van der Waals surface area contributed by atoms with Gasteiger partial charge in [0.25, 0.3) is 6.29 Å². The second kappa shape index (κ2) is 4.35. The van der Waals surface area contributed by atoms with Crippen LogP contribution in [-0.4, -0.2) is 62.5 Å². The number of nitrogens with zero attached hydrogens (tertiary/aromatic N) is 1. The van der Waals surface area contributed by atoms with Gasteiger partial charge in [0.05, 0.1) is 6.61 Å². The van der Waals surface area contributed by atoms with Crippen molar-refractivity contribution in [3.8, 4) is 0 Å². The first kappa shape index (κ1) is 12.2. The zero-order chi connectivity index (χ0) is 11.6. The highest BCUT2D eigenvalue weighted by molar-refractivity contribution is 4.93. The molecule has 5 atom stereocenters. The molecule has 1 unspecified atom stereocenters. The number of hydrogen-bond acceptors (Lipinski definition) is 9. The third kappa shape index (κ3) is 2.07. The Morgan fingerprint density at radius 3 is 2.40 bits per heavy atom. The Bertz CT molecular complexity index is 237. The Kier molecular flexibility index (Phi) is 3.54. The lowest BCUT2D eigenvalue weighted by Crippen LogP contribution is -2.66. The van der Waals surface area contributed by atoms with Gasteiger partial charge in [-0.15, -0.1) is 4.91 Å². The van der Waals surface area contributed by atoms with E-state index < -0.39 is 37.0 Å². The van der Waals surface area contributed by atoms with Crippen LogP contribution in [0.4, 0.5) is 0 Å². The summed E-state index contributed by atoms with van der Waals surface area (Å²) in [6.45, 7) is -1.06. The molecule has 9 nitrogen and oxygen atoms in total. The average Bonchev–Trinajstić information content (AvgIpc) is 2.23. The maximum Gasteiger partial charge on any atom is 0.261 e. The maximum atomic E-state index is 9.75. The second-order valence-electron chi connectivity index (χ2n) is 3.10. The summed E-state index contributed by atoms with van der Waals surface area (Å²) in [6.07, 6.45) is -7.32. The fraction of sp³-hybridized carbons (Fsp3) is 1.00. The molecule has 0 aromatic carbocycles. The first-order valence-electron chi connectivity index (χ1n) is 4.00. The van der Waals surface area contributed by atoms with Crippen LogP contribution in [0.1, 0.15) is 0 Å². The smallest absolute Gasteiger partial charge is 0.261 e. The fourth-order valence-electron chi connectivity index (χ4n) is 1.21. The summed E-state index contributed by atoms with van der Waals surface area (Å²) in [7, 11) is 0. The number of aliphatic hydroxyl groups excluding tert-OH is 4. The molecule has 0 amide bonds. The van der Waals surface area contributed by atoms with Crippen LogP contribution >= 0.6 is 0 Å². The zero-order valence-electron chi connectivity index (χ0n) is 7.42. The molecule has 0 radical (unpaired) electrons. The summed E-state index contributed by atoms with van der Waals surface area (Å²) >= 11 is 0. The van der Waals surface area contributed by atoms with Gasteiger partial charge in [0.15, 0.2) is 5.34 Å². The lowest BCUT2D eigenvalue weighted by molar-refractivity contribution is -0.398. The van der Waals surface area contributed by atoms with E-state index in [0.29, 0.717) is 0 Å². The zero-order valence-corrected chi connectivity index (χ0v) is 7.42. The molecule has 1 rings (SSSR count). The van der Waals surface area contributed by atoms with Crippen LogP contribution in [0.5, 0.6) is 0 Å². The normalized spacial score (nSPS) is 46.2. The van der Waals surface area contributed by atoms with E-state index in [2.05, 4.69) is 9.57 Å². The monoisotopic (exact) mass is 225 g/mol. The SMILES string of the molecule is O=NOC1O[C@@](O)(CO)[C@@H](O)[C@H](O)[C@@H]1O. The van der Waals surface area contributed by atoms with Gasteiger partial charge in [-0.25, -0.2) is 0 Å². The Balaban J connectivity index is 2.84. The van der Waals surface area contributed by atoms with E-state index in [1.54, 1.807) is 0 Å². The second-order valence-corrected chi connectivity index (χ2v) is 3.10. The molecular weight excluding hydrogens is 214 g/mol. The quantitative estimate of drug-likeness (QED) is 0.249. The van der Waals surface area contributed by atoms with Crippen LogP contribution in [0.3, 0.4) is 0 Å². The maximum absolute atomic E-state index is 9.75. The Hall–Kier alpha value is -0.840. The molecule has 0 bridgehead atoms. The van der Waals surface area contributed by atoms with E-state index in [1.165, 1.54) is 0 Å². The van der Waals surface area contributed by atoms with Crippen LogP contribution in [0.15, 0.2) is 5.34 Å². The third-order valence-electron chi connectivity index (χ3n) is 2.11. The molecule has 0 aliphatic carbocycles. The highest BCUT2D eigenvalue weighted by Crippen LogP contribution is 2.28. The molecule has 1 heterocycles. The molecule has 1 saturated heterocycles. The first-order valence-corrected chi connectivity index (χ1v) is 4.00. The lowest BCUT2D eigenvalue weighted by Gasteiger charge is -2.42. The Morgan fingerprint density at radius 1 is 1.33 bits per heavy atom. The van der Waals surface area contributed by atoms with Gasteiger partial charge in [-0.1, -0.05) is 0 Å². The topological polar surface area (TPSA) is 149 Å². The summed E-state index contributed by atoms with van der Waals surface area (Å²) < 4.78 is 4.49. The van der Waals surface area contributed by atoms with E-state index in [-0.39, 0.29) is 0 Å². The van der Waals surface area contributed by atoms with E-state index in [4.69, 9.17) is 5.11 Å². The molecule has 88 valence electrons. The van der Waals surface area contributed by atoms with Crippen molar-refractivity contribution >= 4 is 0 Å². The summed E-state index contributed by atoms with van der Waals surface area (Å²) in [5, 5.41) is 47.8. The molecule has 1 aliphatic rings. The molecule has 0 aromatic heterocycles. The first-order chi connectivity index (χ1) is 6.96. The van der Waals surface area contributed by atoms with Gasteiger partial charge >= 0.3 is 0 Å². The largest absolute Gasteiger partial charge is 0.391 e. The minimum absolute atomic E-state index is 1.06. The van der Waals surface area contributed by atoms with Crippen LogP contribution in [-0.2, 0) is 9.57 Å². The van der Waals surface area contributed by atoms with Crippen molar-refractivity contribution in [2.24, 2.45) is 5.34 Å². The third-order valence-corrected chi connectivity index (χ3v) is 2.11. The number of ether oxygens (including phenoxy) is 1. The van der Waals surface area contributed by atoms with Gasteiger partial charge in [0, 0.05) is 0 Å². The molecule has 1 fully saturated rings. The van der Waals surface area contributed by atoms with E-state index in [9.17, 15) is 25.3 Å². The van der Waals surface area contributed by atoms with Crippen molar-refractivity contribution in [2.45, 2.75) is 30.4 Å². The molecule has 5 N–H and O–H groups in total. The molecule has 0 saturated carbocycles.